The number of benzene rings is 2. The summed E-state index contributed by atoms with van der Waals surface area (Å²) in [6.07, 6.45) is 4.29. The Labute approximate surface area is 163 Å². The molecule has 0 fully saturated rings. The summed E-state index contributed by atoms with van der Waals surface area (Å²) >= 11 is 0. The van der Waals surface area contributed by atoms with Crippen molar-refractivity contribution < 1.29 is 4.79 Å². The van der Waals surface area contributed by atoms with Gasteiger partial charge in [0.25, 0.3) is 5.91 Å². The minimum Gasteiger partial charge on any atom is -0.340 e. The molecule has 0 aliphatic rings. The van der Waals surface area contributed by atoms with Crippen molar-refractivity contribution in [2.45, 2.75) is 13.3 Å². The number of amides is 1. The highest BCUT2D eigenvalue weighted by atomic mass is 16.1. The van der Waals surface area contributed by atoms with Gasteiger partial charge in [-0.25, -0.2) is 4.98 Å². The number of aromatic nitrogens is 2. The minimum absolute atomic E-state index is 0.218. The van der Waals surface area contributed by atoms with Gasteiger partial charge in [-0.1, -0.05) is 37.3 Å². The third-order valence-electron chi connectivity index (χ3n) is 4.54. The zero-order valence-corrected chi connectivity index (χ0v) is 15.5. The summed E-state index contributed by atoms with van der Waals surface area (Å²) in [5.41, 5.74) is 4.18. The van der Waals surface area contributed by atoms with Gasteiger partial charge in [-0.15, -0.1) is 0 Å². The summed E-state index contributed by atoms with van der Waals surface area (Å²) in [5, 5.41) is 7.14. The van der Waals surface area contributed by atoms with E-state index in [0.29, 0.717) is 17.1 Å². The fourth-order valence-corrected chi connectivity index (χ4v) is 2.97. The van der Waals surface area contributed by atoms with Crippen LogP contribution in [0.4, 0.5) is 17.2 Å². The van der Waals surface area contributed by atoms with E-state index in [4.69, 9.17) is 0 Å². The second-order valence-corrected chi connectivity index (χ2v) is 6.44. The molecule has 0 saturated carbocycles. The molecule has 138 valence electrons. The molecule has 0 unspecified atom stereocenters. The number of hydrogen-bond acceptors (Lipinski definition) is 4. The Morgan fingerprint density at radius 2 is 1.75 bits per heavy atom. The first-order valence-corrected chi connectivity index (χ1v) is 9.20. The molecule has 4 aromatic rings. The van der Waals surface area contributed by atoms with Crippen molar-refractivity contribution in [3.63, 3.8) is 0 Å². The Morgan fingerprint density at radius 3 is 2.50 bits per heavy atom. The number of pyridine rings is 2. The smallest absolute Gasteiger partial charge is 0.257 e. The van der Waals surface area contributed by atoms with E-state index in [-0.39, 0.29) is 5.91 Å². The highest BCUT2D eigenvalue weighted by Crippen LogP contribution is 2.21. The standard InChI is InChI=1S/C23H20N4O/c1-2-16-8-11-19(12-9-16)26-21-13-10-18(15-25-21)23(28)27-20-7-3-5-17-6-4-14-24-22(17)20/h3-15H,2H2,1H3,(H,25,26)(H,27,28). The third-order valence-corrected chi connectivity index (χ3v) is 4.54. The normalized spacial score (nSPS) is 10.6. The van der Waals surface area contributed by atoms with E-state index >= 15 is 0 Å². The van der Waals surface area contributed by atoms with Gasteiger partial charge in [0.15, 0.2) is 0 Å². The Hall–Kier alpha value is -3.73. The second kappa shape index (κ2) is 7.88. The van der Waals surface area contributed by atoms with Gasteiger partial charge in [0, 0.05) is 23.5 Å². The molecule has 0 bridgehead atoms. The molecule has 4 rings (SSSR count). The molecule has 28 heavy (non-hydrogen) atoms. The highest BCUT2D eigenvalue weighted by molar-refractivity contribution is 6.08. The van der Waals surface area contributed by atoms with Crippen LogP contribution in [0.15, 0.2) is 79.1 Å². The Kier molecular flexibility index (Phi) is 4.97. The molecule has 0 saturated heterocycles. The number of rotatable bonds is 5. The molecule has 5 nitrogen and oxygen atoms in total. The van der Waals surface area contributed by atoms with Crippen molar-refractivity contribution in [3.8, 4) is 0 Å². The van der Waals surface area contributed by atoms with Crippen LogP contribution in [0, 0.1) is 0 Å². The maximum absolute atomic E-state index is 12.6. The number of carbonyl (C=O) groups is 1. The van der Waals surface area contributed by atoms with E-state index < -0.39 is 0 Å². The van der Waals surface area contributed by atoms with Crippen LogP contribution in [0.5, 0.6) is 0 Å². The van der Waals surface area contributed by atoms with Crippen LogP contribution in [0.25, 0.3) is 10.9 Å². The first-order valence-electron chi connectivity index (χ1n) is 9.20. The second-order valence-electron chi connectivity index (χ2n) is 6.44. The van der Waals surface area contributed by atoms with E-state index in [0.717, 1.165) is 23.0 Å². The number of nitrogens with one attached hydrogen (secondary N) is 2. The molecular formula is C23H20N4O. The van der Waals surface area contributed by atoms with E-state index in [2.05, 4.69) is 39.7 Å². The van der Waals surface area contributed by atoms with Gasteiger partial charge >= 0.3 is 0 Å². The predicted octanol–water partition coefficient (Wildman–Crippen LogP) is 5.19. The first-order chi connectivity index (χ1) is 13.7. The maximum Gasteiger partial charge on any atom is 0.257 e. The lowest BCUT2D eigenvalue weighted by atomic mass is 10.1. The molecule has 2 heterocycles. The fourth-order valence-electron chi connectivity index (χ4n) is 2.97. The zero-order chi connectivity index (χ0) is 19.3. The Morgan fingerprint density at radius 1 is 0.929 bits per heavy atom. The van der Waals surface area contributed by atoms with Gasteiger partial charge in [0.1, 0.15) is 5.82 Å². The highest BCUT2D eigenvalue weighted by Gasteiger charge is 2.09. The van der Waals surface area contributed by atoms with Gasteiger partial charge in [0.05, 0.1) is 16.8 Å². The van der Waals surface area contributed by atoms with E-state index in [1.807, 2.05) is 42.5 Å². The van der Waals surface area contributed by atoms with Gasteiger partial charge < -0.3 is 10.6 Å². The Bertz CT molecular complexity index is 1100. The number of fused-ring (bicyclic) bond motifs is 1. The number of anilines is 3. The fraction of sp³-hybridized carbons (Fsp3) is 0.0870. The maximum atomic E-state index is 12.6. The molecular weight excluding hydrogens is 348 g/mol. The lowest BCUT2D eigenvalue weighted by molar-refractivity contribution is 0.102. The quantitative estimate of drug-likeness (QED) is 0.509. The zero-order valence-electron chi connectivity index (χ0n) is 15.5. The minimum atomic E-state index is -0.218. The van der Waals surface area contributed by atoms with Crippen molar-refractivity contribution >= 4 is 34.0 Å². The van der Waals surface area contributed by atoms with Crippen LogP contribution in [0.3, 0.4) is 0 Å². The van der Waals surface area contributed by atoms with Crippen molar-refractivity contribution in [1.29, 1.82) is 0 Å². The van der Waals surface area contributed by atoms with Crippen LogP contribution >= 0.6 is 0 Å². The average molecular weight is 368 g/mol. The van der Waals surface area contributed by atoms with Crippen LogP contribution in [0.2, 0.25) is 0 Å². The van der Waals surface area contributed by atoms with Gasteiger partial charge in [-0.05, 0) is 48.4 Å². The molecule has 0 spiro atoms. The Balaban J connectivity index is 1.47. The molecule has 0 aliphatic heterocycles. The van der Waals surface area contributed by atoms with Gasteiger partial charge in [0.2, 0.25) is 0 Å². The SMILES string of the molecule is CCc1ccc(Nc2ccc(C(=O)Nc3cccc4cccnc34)cn2)cc1. The number of para-hydroxylation sites is 1. The number of hydrogen-bond donors (Lipinski definition) is 2. The summed E-state index contributed by atoms with van der Waals surface area (Å²) in [5.74, 6) is 0.470. The van der Waals surface area contributed by atoms with Gasteiger partial charge in [-0.2, -0.15) is 0 Å². The van der Waals surface area contributed by atoms with Crippen molar-refractivity contribution in [2.24, 2.45) is 0 Å². The summed E-state index contributed by atoms with van der Waals surface area (Å²) in [4.78, 5) is 21.3. The molecule has 2 aromatic carbocycles. The molecule has 5 heteroatoms. The summed E-state index contributed by atoms with van der Waals surface area (Å²) in [7, 11) is 0. The molecule has 1 amide bonds. The predicted molar refractivity (Wildman–Crippen MR) is 113 cm³/mol. The number of nitrogens with zero attached hydrogens (tertiary/aromatic N) is 2. The molecule has 0 atom stereocenters. The monoisotopic (exact) mass is 368 g/mol. The molecule has 2 N–H and O–H groups in total. The van der Waals surface area contributed by atoms with E-state index in [1.165, 1.54) is 5.56 Å². The van der Waals surface area contributed by atoms with E-state index in [9.17, 15) is 4.79 Å². The van der Waals surface area contributed by atoms with Crippen LogP contribution in [-0.4, -0.2) is 15.9 Å². The average Bonchev–Trinajstić information content (AvgIpc) is 2.75. The summed E-state index contributed by atoms with van der Waals surface area (Å²) < 4.78 is 0. The van der Waals surface area contributed by atoms with Crippen LogP contribution in [-0.2, 0) is 6.42 Å². The summed E-state index contributed by atoms with van der Waals surface area (Å²) in [6, 6.07) is 21.3. The summed E-state index contributed by atoms with van der Waals surface area (Å²) in [6.45, 7) is 2.13. The van der Waals surface area contributed by atoms with Crippen LogP contribution < -0.4 is 10.6 Å². The molecule has 0 radical (unpaired) electrons. The van der Waals surface area contributed by atoms with Crippen molar-refractivity contribution in [2.75, 3.05) is 10.6 Å². The first kappa shape index (κ1) is 17.7. The van der Waals surface area contributed by atoms with Crippen molar-refractivity contribution in [1.82, 2.24) is 9.97 Å². The van der Waals surface area contributed by atoms with E-state index in [1.54, 1.807) is 24.5 Å². The molecule has 2 aromatic heterocycles. The van der Waals surface area contributed by atoms with Crippen LogP contribution in [0.1, 0.15) is 22.8 Å². The topological polar surface area (TPSA) is 66.9 Å². The lowest BCUT2D eigenvalue weighted by Gasteiger charge is -2.09. The lowest BCUT2D eigenvalue weighted by Crippen LogP contribution is -2.12. The molecule has 0 aliphatic carbocycles. The number of carbonyl (C=O) groups excluding carboxylic acids is 1. The number of aryl methyl sites for hydroxylation is 1. The van der Waals surface area contributed by atoms with Gasteiger partial charge in [-0.3, -0.25) is 9.78 Å². The third kappa shape index (κ3) is 3.83. The van der Waals surface area contributed by atoms with Crippen molar-refractivity contribution in [3.05, 3.63) is 90.3 Å². The largest absolute Gasteiger partial charge is 0.340 e.